The summed E-state index contributed by atoms with van der Waals surface area (Å²) < 4.78 is 10.8. The van der Waals surface area contributed by atoms with Crippen molar-refractivity contribution >= 4 is 16.9 Å². The molecule has 1 aromatic heterocycles. The third-order valence-corrected chi connectivity index (χ3v) is 3.55. The summed E-state index contributed by atoms with van der Waals surface area (Å²) in [5.74, 6) is 0.368. The zero-order chi connectivity index (χ0) is 16.1. The lowest BCUT2D eigenvalue weighted by molar-refractivity contribution is -0.145. The van der Waals surface area contributed by atoms with Crippen LogP contribution in [0.25, 0.3) is 11.0 Å². The van der Waals surface area contributed by atoms with Gasteiger partial charge in [0.25, 0.3) is 0 Å². The number of ether oxygens (including phenoxy) is 1. The van der Waals surface area contributed by atoms with Crippen LogP contribution in [0.4, 0.5) is 0 Å². The van der Waals surface area contributed by atoms with Gasteiger partial charge >= 0.3 is 5.97 Å². The molecule has 0 saturated heterocycles. The third-order valence-electron chi connectivity index (χ3n) is 3.55. The van der Waals surface area contributed by atoms with Crippen molar-refractivity contribution in [1.29, 1.82) is 5.26 Å². The van der Waals surface area contributed by atoms with Gasteiger partial charge in [-0.3, -0.25) is 4.79 Å². The molecule has 0 aliphatic rings. The quantitative estimate of drug-likeness (QED) is 0.669. The van der Waals surface area contributed by atoms with E-state index in [0.29, 0.717) is 24.2 Å². The molecule has 0 saturated carbocycles. The standard InChI is InChI=1S/C19H15NO3/c20-12-15-7-5-14(6-8-15)9-10-19(21)22-13-17-11-16-3-1-2-4-18(16)23-17/h1-8,11H,9-10,13H2. The maximum absolute atomic E-state index is 11.8. The summed E-state index contributed by atoms with van der Waals surface area (Å²) in [5.41, 5.74) is 2.40. The molecule has 0 radical (unpaired) electrons. The van der Waals surface area contributed by atoms with E-state index in [2.05, 4.69) is 6.07 Å². The molecule has 3 aromatic rings. The predicted molar refractivity (Wildman–Crippen MR) is 85.5 cm³/mol. The van der Waals surface area contributed by atoms with Gasteiger partial charge in [0, 0.05) is 11.8 Å². The van der Waals surface area contributed by atoms with E-state index in [4.69, 9.17) is 14.4 Å². The van der Waals surface area contributed by atoms with Gasteiger partial charge in [-0.1, -0.05) is 30.3 Å². The number of carbonyl (C=O) groups is 1. The largest absolute Gasteiger partial charge is 0.457 e. The molecule has 1 heterocycles. The Morgan fingerprint density at radius 1 is 1.13 bits per heavy atom. The van der Waals surface area contributed by atoms with Gasteiger partial charge in [-0.25, -0.2) is 0 Å². The van der Waals surface area contributed by atoms with Crippen molar-refractivity contribution in [3.05, 3.63) is 71.5 Å². The summed E-state index contributed by atoms with van der Waals surface area (Å²) in [6.07, 6.45) is 0.886. The summed E-state index contributed by atoms with van der Waals surface area (Å²) >= 11 is 0. The molecule has 114 valence electrons. The van der Waals surface area contributed by atoms with Gasteiger partial charge in [0.15, 0.2) is 0 Å². The van der Waals surface area contributed by atoms with Crippen molar-refractivity contribution in [3.63, 3.8) is 0 Å². The van der Waals surface area contributed by atoms with E-state index < -0.39 is 0 Å². The minimum Gasteiger partial charge on any atom is -0.457 e. The Kier molecular flexibility index (Phi) is 4.39. The normalized spacial score (nSPS) is 10.4. The molecule has 0 fully saturated rings. The van der Waals surface area contributed by atoms with Crippen LogP contribution in [0.1, 0.15) is 23.3 Å². The number of carbonyl (C=O) groups excluding carboxylic acids is 1. The fourth-order valence-electron chi connectivity index (χ4n) is 2.32. The molecule has 3 rings (SSSR count). The molecule has 0 aliphatic carbocycles. The number of fused-ring (bicyclic) bond motifs is 1. The second-order valence-electron chi connectivity index (χ2n) is 5.22. The number of rotatable bonds is 5. The summed E-state index contributed by atoms with van der Waals surface area (Å²) in [4.78, 5) is 11.8. The Morgan fingerprint density at radius 3 is 2.65 bits per heavy atom. The lowest BCUT2D eigenvalue weighted by Crippen LogP contribution is -2.05. The van der Waals surface area contributed by atoms with Crippen LogP contribution in [-0.4, -0.2) is 5.97 Å². The molecule has 0 spiro atoms. The van der Waals surface area contributed by atoms with Crippen LogP contribution in [0.15, 0.2) is 59.0 Å². The van der Waals surface area contributed by atoms with Gasteiger partial charge in [-0.15, -0.1) is 0 Å². The maximum Gasteiger partial charge on any atom is 0.306 e. The molecule has 23 heavy (non-hydrogen) atoms. The highest BCUT2D eigenvalue weighted by Crippen LogP contribution is 2.19. The van der Waals surface area contributed by atoms with Crippen molar-refractivity contribution in [2.24, 2.45) is 0 Å². The smallest absolute Gasteiger partial charge is 0.306 e. The fraction of sp³-hybridized carbons (Fsp3) is 0.158. The van der Waals surface area contributed by atoms with Gasteiger partial charge in [0.1, 0.15) is 18.0 Å². The number of nitrogens with zero attached hydrogens (tertiary/aromatic N) is 1. The second kappa shape index (κ2) is 6.80. The van der Waals surface area contributed by atoms with Crippen molar-refractivity contribution in [3.8, 4) is 6.07 Å². The molecule has 4 nitrogen and oxygen atoms in total. The van der Waals surface area contributed by atoms with E-state index in [1.54, 1.807) is 12.1 Å². The molecule has 4 heteroatoms. The molecule has 2 aromatic carbocycles. The van der Waals surface area contributed by atoms with Gasteiger partial charge < -0.3 is 9.15 Å². The van der Waals surface area contributed by atoms with Gasteiger partial charge in [0.2, 0.25) is 0 Å². The van der Waals surface area contributed by atoms with Crippen LogP contribution in [-0.2, 0) is 22.6 Å². The number of furan rings is 1. The first kappa shape index (κ1) is 14.9. The topological polar surface area (TPSA) is 63.2 Å². The first-order chi connectivity index (χ1) is 11.2. The molecule has 0 bridgehead atoms. The number of hydrogen-bond donors (Lipinski definition) is 0. The number of para-hydroxylation sites is 1. The van der Waals surface area contributed by atoms with Crippen molar-refractivity contribution in [1.82, 2.24) is 0 Å². The number of hydrogen-bond acceptors (Lipinski definition) is 4. The third kappa shape index (κ3) is 3.78. The molecule has 0 amide bonds. The van der Waals surface area contributed by atoms with Crippen molar-refractivity contribution in [2.45, 2.75) is 19.4 Å². The van der Waals surface area contributed by atoms with E-state index in [1.807, 2.05) is 42.5 Å². The lowest BCUT2D eigenvalue weighted by Gasteiger charge is -2.03. The van der Waals surface area contributed by atoms with E-state index in [1.165, 1.54) is 0 Å². The van der Waals surface area contributed by atoms with Crippen molar-refractivity contribution in [2.75, 3.05) is 0 Å². The molecule has 0 unspecified atom stereocenters. The highest BCUT2D eigenvalue weighted by molar-refractivity contribution is 5.77. The molecule has 0 atom stereocenters. The SMILES string of the molecule is N#Cc1ccc(CCC(=O)OCc2cc3ccccc3o2)cc1. The van der Waals surface area contributed by atoms with E-state index in [-0.39, 0.29) is 12.6 Å². The van der Waals surface area contributed by atoms with Crippen LogP contribution in [0, 0.1) is 11.3 Å². The Bertz CT molecular complexity index is 823. The predicted octanol–water partition coefficient (Wildman–Crippen LogP) is 3.98. The second-order valence-corrected chi connectivity index (χ2v) is 5.22. The molecule has 0 N–H and O–H groups in total. The first-order valence-electron chi connectivity index (χ1n) is 7.37. The van der Waals surface area contributed by atoms with Gasteiger partial charge in [-0.05, 0) is 36.2 Å². The Hall–Kier alpha value is -3.06. The van der Waals surface area contributed by atoms with E-state index in [9.17, 15) is 4.79 Å². The molecular weight excluding hydrogens is 290 g/mol. The minimum absolute atomic E-state index is 0.140. The summed E-state index contributed by atoms with van der Waals surface area (Å²) in [5, 5.41) is 9.74. The maximum atomic E-state index is 11.8. The first-order valence-corrected chi connectivity index (χ1v) is 7.37. The average molecular weight is 305 g/mol. The number of nitriles is 1. The van der Waals surface area contributed by atoms with Crippen LogP contribution in [0.2, 0.25) is 0 Å². The number of benzene rings is 2. The monoisotopic (exact) mass is 305 g/mol. The van der Waals surface area contributed by atoms with Crippen molar-refractivity contribution < 1.29 is 13.9 Å². The van der Waals surface area contributed by atoms with Crippen LogP contribution >= 0.6 is 0 Å². The zero-order valence-corrected chi connectivity index (χ0v) is 12.5. The fourth-order valence-corrected chi connectivity index (χ4v) is 2.32. The Balaban J connectivity index is 1.50. The highest BCUT2D eigenvalue weighted by atomic mass is 16.5. The van der Waals surface area contributed by atoms with E-state index >= 15 is 0 Å². The van der Waals surface area contributed by atoms with Gasteiger partial charge in [-0.2, -0.15) is 5.26 Å². The summed E-state index contributed by atoms with van der Waals surface area (Å²) in [7, 11) is 0. The Morgan fingerprint density at radius 2 is 1.91 bits per heavy atom. The molecule has 0 aliphatic heterocycles. The lowest BCUT2D eigenvalue weighted by atomic mass is 10.1. The average Bonchev–Trinajstić information content (AvgIpc) is 3.01. The molecular formula is C19H15NO3. The van der Waals surface area contributed by atoms with Crippen LogP contribution in [0.3, 0.4) is 0 Å². The Labute approximate surface area is 133 Å². The van der Waals surface area contributed by atoms with Crippen LogP contribution < -0.4 is 0 Å². The number of esters is 1. The van der Waals surface area contributed by atoms with Gasteiger partial charge in [0.05, 0.1) is 11.6 Å². The highest BCUT2D eigenvalue weighted by Gasteiger charge is 2.08. The minimum atomic E-state index is -0.269. The number of aryl methyl sites for hydroxylation is 1. The zero-order valence-electron chi connectivity index (χ0n) is 12.5. The summed E-state index contributed by atoms with van der Waals surface area (Å²) in [6.45, 7) is 0.140. The van der Waals surface area contributed by atoms with Crippen LogP contribution in [0.5, 0.6) is 0 Å². The van der Waals surface area contributed by atoms with E-state index in [0.717, 1.165) is 16.5 Å². The summed E-state index contributed by atoms with van der Waals surface area (Å²) in [6, 6.07) is 18.8.